The van der Waals surface area contributed by atoms with E-state index in [0.29, 0.717) is 6.61 Å². The largest absolute Gasteiger partial charge is 0.495 e. The van der Waals surface area contributed by atoms with Crippen molar-refractivity contribution in [3.63, 3.8) is 0 Å². The van der Waals surface area contributed by atoms with E-state index in [1.54, 1.807) is 7.11 Å². The molecular weight excluding hydrogens is 304 g/mol. The van der Waals surface area contributed by atoms with Crippen LogP contribution in [-0.2, 0) is 9.53 Å². The average molecular weight is 326 g/mol. The van der Waals surface area contributed by atoms with Gasteiger partial charge in [-0.15, -0.1) is 0 Å². The van der Waals surface area contributed by atoms with Gasteiger partial charge in [0.25, 0.3) is 5.91 Å². The average Bonchev–Trinajstić information content (AvgIpc) is 3.11. The molecule has 1 aliphatic heterocycles. The molecule has 0 aromatic heterocycles. The minimum Gasteiger partial charge on any atom is -0.495 e. The first-order valence-electron chi connectivity index (χ1n) is 8.10. The lowest BCUT2D eigenvalue weighted by Crippen LogP contribution is -2.26. The van der Waals surface area contributed by atoms with E-state index in [-0.39, 0.29) is 12.0 Å². The Morgan fingerprint density at radius 3 is 2.58 bits per heavy atom. The second kappa shape index (κ2) is 7.36. The minimum atomic E-state index is -0.320. The maximum Gasteiger partial charge on any atom is 0.253 e. The van der Waals surface area contributed by atoms with Crippen LogP contribution in [0.5, 0.6) is 5.75 Å². The lowest BCUT2D eigenvalue weighted by molar-refractivity contribution is -0.124. The normalized spacial score (nSPS) is 16.7. The summed E-state index contributed by atoms with van der Waals surface area (Å²) in [5, 5.41) is 6.23. The van der Waals surface area contributed by atoms with Gasteiger partial charge in [-0.3, -0.25) is 4.79 Å². The van der Waals surface area contributed by atoms with Gasteiger partial charge in [-0.05, 0) is 61.7 Å². The summed E-state index contributed by atoms with van der Waals surface area (Å²) in [6, 6.07) is 13.6. The molecule has 1 unspecified atom stereocenters. The molecule has 2 N–H and O–H groups in total. The second-order valence-electron chi connectivity index (χ2n) is 5.90. The van der Waals surface area contributed by atoms with E-state index in [2.05, 4.69) is 10.6 Å². The third kappa shape index (κ3) is 3.86. The summed E-state index contributed by atoms with van der Waals surface area (Å²) in [7, 11) is 1.65. The van der Waals surface area contributed by atoms with Gasteiger partial charge in [0.05, 0.1) is 12.8 Å². The fourth-order valence-electron chi connectivity index (χ4n) is 2.72. The van der Waals surface area contributed by atoms with Crippen molar-refractivity contribution in [2.75, 3.05) is 24.4 Å². The van der Waals surface area contributed by atoms with Crippen LogP contribution < -0.4 is 15.4 Å². The molecule has 5 heteroatoms. The molecule has 3 rings (SSSR count). The Bertz CT molecular complexity index is 707. The standard InChI is InChI=1S/C19H22N2O3/c1-13-5-10-17(23-2)16(12-13)20-14-6-8-15(9-7-14)21-19(22)18-4-3-11-24-18/h5-10,12,18,20H,3-4,11H2,1-2H3,(H,21,22). The van der Waals surface area contributed by atoms with Gasteiger partial charge in [0, 0.05) is 18.0 Å². The smallest absolute Gasteiger partial charge is 0.253 e. The van der Waals surface area contributed by atoms with Gasteiger partial charge in [0.2, 0.25) is 0 Å². The van der Waals surface area contributed by atoms with Gasteiger partial charge < -0.3 is 20.1 Å². The van der Waals surface area contributed by atoms with Crippen molar-refractivity contribution >= 4 is 23.0 Å². The van der Waals surface area contributed by atoms with Crippen molar-refractivity contribution in [3.05, 3.63) is 48.0 Å². The molecule has 2 aromatic carbocycles. The maximum absolute atomic E-state index is 12.0. The molecule has 1 heterocycles. The Hall–Kier alpha value is -2.53. The van der Waals surface area contributed by atoms with Crippen molar-refractivity contribution < 1.29 is 14.3 Å². The highest BCUT2D eigenvalue weighted by Gasteiger charge is 2.23. The topological polar surface area (TPSA) is 59.6 Å². The SMILES string of the molecule is COc1ccc(C)cc1Nc1ccc(NC(=O)C2CCCO2)cc1. The molecule has 1 fully saturated rings. The first-order valence-corrected chi connectivity index (χ1v) is 8.10. The van der Waals surface area contributed by atoms with Crippen LogP contribution in [0.2, 0.25) is 0 Å². The van der Waals surface area contributed by atoms with Crippen LogP contribution in [0, 0.1) is 6.92 Å². The molecule has 24 heavy (non-hydrogen) atoms. The number of amides is 1. The molecule has 0 aliphatic carbocycles. The summed E-state index contributed by atoms with van der Waals surface area (Å²) in [5.41, 5.74) is 3.75. The highest BCUT2D eigenvalue weighted by atomic mass is 16.5. The Labute approximate surface area is 142 Å². The van der Waals surface area contributed by atoms with Crippen LogP contribution in [0.4, 0.5) is 17.1 Å². The number of hydrogen-bond acceptors (Lipinski definition) is 4. The summed E-state index contributed by atoms with van der Waals surface area (Å²) in [6.45, 7) is 2.70. The van der Waals surface area contributed by atoms with E-state index in [4.69, 9.17) is 9.47 Å². The van der Waals surface area contributed by atoms with Gasteiger partial charge >= 0.3 is 0 Å². The van der Waals surface area contributed by atoms with E-state index in [1.807, 2.05) is 49.4 Å². The number of carbonyl (C=O) groups excluding carboxylic acids is 1. The Balaban J connectivity index is 1.66. The van der Waals surface area contributed by atoms with Gasteiger partial charge in [-0.25, -0.2) is 0 Å². The lowest BCUT2D eigenvalue weighted by Gasteiger charge is -2.13. The number of nitrogens with one attached hydrogen (secondary N) is 2. The van der Waals surface area contributed by atoms with Crippen molar-refractivity contribution in [1.82, 2.24) is 0 Å². The van der Waals surface area contributed by atoms with E-state index in [1.165, 1.54) is 0 Å². The zero-order valence-electron chi connectivity index (χ0n) is 14.0. The van der Waals surface area contributed by atoms with Crippen LogP contribution >= 0.6 is 0 Å². The van der Waals surface area contributed by atoms with Gasteiger partial charge in [-0.1, -0.05) is 6.07 Å². The van der Waals surface area contributed by atoms with E-state index in [0.717, 1.165) is 41.2 Å². The number of carbonyl (C=O) groups is 1. The Morgan fingerprint density at radius 1 is 1.17 bits per heavy atom. The predicted molar refractivity (Wildman–Crippen MR) is 95.1 cm³/mol. The van der Waals surface area contributed by atoms with Crippen LogP contribution in [0.25, 0.3) is 0 Å². The molecule has 2 aromatic rings. The fourth-order valence-corrected chi connectivity index (χ4v) is 2.72. The summed E-state index contributed by atoms with van der Waals surface area (Å²) in [6.07, 6.45) is 1.41. The van der Waals surface area contributed by atoms with Gasteiger partial charge in [0.15, 0.2) is 0 Å². The second-order valence-corrected chi connectivity index (χ2v) is 5.90. The number of methoxy groups -OCH3 is 1. The number of anilines is 3. The van der Waals surface area contributed by atoms with Crippen molar-refractivity contribution in [1.29, 1.82) is 0 Å². The quantitative estimate of drug-likeness (QED) is 0.876. The Morgan fingerprint density at radius 2 is 1.92 bits per heavy atom. The number of rotatable bonds is 5. The molecule has 1 amide bonds. The first kappa shape index (κ1) is 16.3. The lowest BCUT2D eigenvalue weighted by atomic mass is 10.2. The molecule has 1 atom stereocenters. The molecule has 0 radical (unpaired) electrons. The fraction of sp³-hybridized carbons (Fsp3) is 0.316. The number of benzene rings is 2. The molecule has 1 aliphatic rings. The predicted octanol–water partition coefficient (Wildman–Crippen LogP) is 3.86. The van der Waals surface area contributed by atoms with E-state index < -0.39 is 0 Å². The number of hydrogen-bond donors (Lipinski definition) is 2. The zero-order valence-corrected chi connectivity index (χ0v) is 14.0. The molecule has 5 nitrogen and oxygen atoms in total. The monoisotopic (exact) mass is 326 g/mol. The molecule has 0 saturated carbocycles. The van der Waals surface area contributed by atoms with E-state index >= 15 is 0 Å². The summed E-state index contributed by atoms with van der Waals surface area (Å²) in [5.74, 6) is 0.713. The Kier molecular flexibility index (Phi) is 5.01. The number of aryl methyl sites for hydroxylation is 1. The van der Waals surface area contributed by atoms with Crippen LogP contribution in [-0.4, -0.2) is 25.7 Å². The van der Waals surface area contributed by atoms with Crippen molar-refractivity contribution in [3.8, 4) is 5.75 Å². The molecule has 1 saturated heterocycles. The van der Waals surface area contributed by atoms with Gasteiger partial charge in [-0.2, -0.15) is 0 Å². The van der Waals surface area contributed by atoms with Gasteiger partial charge in [0.1, 0.15) is 11.9 Å². The third-order valence-corrected chi connectivity index (χ3v) is 4.01. The summed E-state index contributed by atoms with van der Waals surface area (Å²) in [4.78, 5) is 12.0. The maximum atomic E-state index is 12.0. The highest BCUT2D eigenvalue weighted by molar-refractivity contribution is 5.94. The van der Waals surface area contributed by atoms with Crippen LogP contribution in [0.15, 0.2) is 42.5 Å². The van der Waals surface area contributed by atoms with E-state index in [9.17, 15) is 4.79 Å². The third-order valence-electron chi connectivity index (χ3n) is 4.01. The zero-order chi connectivity index (χ0) is 16.9. The molecule has 0 bridgehead atoms. The van der Waals surface area contributed by atoms with Crippen LogP contribution in [0.3, 0.4) is 0 Å². The first-order chi connectivity index (χ1) is 11.7. The highest BCUT2D eigenvalue weighted by Crippen LogP contribution is 2.29. The van der Waals surface area contributed by atoms with Crippen molar-refractivity contribution in [2.24, 2.45) is 0 Å². The van der Waals surface area contributed by atoms with Crippen LogP contribution in [0.1, 0.15) is 18.4 Å². The molecule has 0 spiro atoms. The van der Waals surface area contributed by atoms with Crippen molar-refractivity contribution in [2.45, 2.75) is 25.9 Å². The molecular formula is C19H22N2O3. The summed E-state index contributed by atoms with van der Waals surface area (Å²) >= 11 is 0. The minimum absolute atomic E-state index is 0.0754. The summed E-state index contributed by atoms with van der Waals surface area (Å²) < 4.78 is 10.8. The molecule has 126 valence electrons. The number of ether oxygens (including phenoxy) is 2.